The van der Waals surface area contributed by atoms with Crippen LogP contribution in [0.25, 0.3) is 0 Å². The molecule has 1 heterocycles. The average Bonchev–Trinajstić information content (AvgIpc) is 2.79. The summed E-state index contributed by atoms with van der Waals surface area (Å²) in [6.45, 7) is 0. The van der Waals surface area contributed by atoms with Crippen LogP contribution < -0.4 is 0 Å². The fraction of sp³-hybridized carbons (Fsp3) is 0.571. The van der Waals surface area contributed by atoms with Crippen molar-refractivity contribution in [3.8, 4) is 0 Å². The standard InChI is InChI=1S/C14H18O5/c1-17-14(9-5-3-2-4-6-9)18-12-7-10(15)11(16)8-13(12)19-14/h2-6,10-13,15-16H,7-8H2,1H3. The van der Waals surface area contributed by atoms with Crippen LogP contribution >= 0.6 is 0 Å². The van der Waals surface area contributed by atoms with Gasteiger partial charge in [0.15, 0.2) is 0 Å². The number of fused-ring (bicyclic) bond motifs is 1. The summed E-state index contributed by atoms with van der Waals surface area (Å²) in [5.41, 5.74) is 0.774. The molecule has 1 saturated carbocycles. The summed E-state index contributed by atoms with van der Waals surface area (Å²) in [4.78, 5) is 0. The molecule has 104 valence electrons. The zero-order valence-electron chi connectivity index (χ0n) is 10.7. The number of aliphatic hydroxyl groups excluding tert-OH is 2. The number of ether oxygens (including phenoxy) is 3. The molecule has 0 bridgehead atoms. The number of rotatable bonds is 2. The van der Waals surface area contributed by atoms with Gasteiger partial charge in [0, 0.05) is 25.5 Å². The summed E-state index contributed by atoms with van der Waals surface area (Å²) in [5.74, 6) is -1.24. The number of hydrogen-bond donors (Lipinski definition) is 2. The molecule has 4 unspecified atom stereocenters. The van der Waals surface area contributed by atoms with Crippen molar-refractivity contribution in [2.24, 2.45) is 0 Å². The molecule has 1 aromatic rings. The van der Waals surface area contributed by atoms with Crippen molar-refractivity contribution in [2.45, 2.75) is 43.2 Å². The molecule has 1 aliphatic carbocycles. The van der Waals surface area contributed by atoms with Crippen LogP contribution in [0.5, 0.6) is 0 Å². The number of benzene rings is 1. The minimum Gasteiger partial charge on any atom is -0.390 e. The molecule has 4 atom stereocenters. The predicted octanol–water partition coefficient (Wildman–Crippen LogP) is 0.743. The van der Waals surface area contributed by atoms with Crippen LogP contribution in [0.1, 0.15) is 18.4 Å². The summed E-state index contributed by atoms with van der Waals surface area (Å²) >= 11 is 0. The summed E-state index contributed by atoms with van der Waals surface area (Å²) in [6, 6.07) is 9.41. The normalized spacial score (nSPS) is 42.1. The van der Waals surface area contributed by atoms with Crippen LogP contribution in [0.2, 0.25) is 0 Å². The Morgan fingerprint density at radius 1 is 1.05 bits per heavy atom. The van der Waals surface area contributed by atoms with E-state index in [0.29, 0.717) is 12.8 Å². The van der Waals surface area contributed by atoms with Crippen LogP contribution in [0.4, 0.5) is 0 Å². The van der Waals surface area contributed by atoms with E-state index in [-0.39, 0.29) is 12.2 Å². The second-order valence-corrected chi connectivity index (χ2v) is 5.05. The summed E-state index contributed by atoms with van der Waals surface area (Å²) < 4.78 is 17.2. The first-order chi connectivity index (χ1) is 9.14. The molecule has 3 rings (SSSR count). The molecule has 2 fully saturated rings. The lowest BCUT2D eigenvalue weighted by atomic mass is 9.90. The lowest BCUT2D eigenvalue weighted by Gasteiger charge is -2.30. The van der Waals surface area contributed by atoms with Crippen LogP contribution in [-0.4, -0.2) is 41.7 Å². The van der Waals surface area contributed by atoms with E-state index in [0.717, 1.165) is 5.56 Å². The molecule has 5 heteroatoms. The van der Waals surface area contributed by atoms with E-state index in [9.17, 15) is 10.2 Å². The van der Waals surface area contributed by atoms with Gasteiger partial charge >= 0.3 is 5.97 Å². The van der Waals surface area contributed by atoms with Gasteiger partial charge in [-0.3, -0.25) is 0 Å². The van der Waals surface area contributed by atoms with Crippen LogP contribution in [0.15, 0.2) is 30.3 Å². The van der Waals surface area contributed by atoms with Gasteiger partial charge in [-0.05, 0) is 0 Å². The van der Waals surface area contributed by atoms with Crippen molar-refractivity contribution in [3.63, 3.8) is 0 Å². The van der Waals surface area contributed by atoms with E-state index in [4.69, 9.17) is 14.2 Å². The molecule has 1 saturated heterocycles. The lowest BCUT2D eigenvalue weighted by Crippen LogP contribution is -2.43. The predicted molar refractivity (Wildman–Crippen MR) is 66.1 cm³/mol. The number of hydrogen-bond acceptors (Lipinski definition) is 5. The van der Waals surface area contributed by atoms with Crippen molar-refractivity contribution in [2.75, 3.05) is 7.11 Å². The Morgan fingerprint density at radius 3 is 2.05 bits per heavy atom. The van der Waals surface area contributed by atoms with Gasteiger partial charge in [0.1, 0.15) is 0 Å². The zero-order valence-corrected chi connectivity index (χ0v) is 10.7. The van der Waals surface area contributed by atoms with Crippen molar-refractivity contribution >= 4 is 0 Å². The molecule has 2 aliphatic rings. The Bertz CT molecular complexity index is 417. The topological polar surface area (TPSA) is 68.2 Å². The highest BCUT2D eigenvalue weighted by Crippen LogP contribution is 2.43. The van der Waals surface area contributed by atoms with Crippen LogP contribution in [0, 0.1) is 0 Å². The highest BCUT2D eigenvalue weighted by Gasteiger charge is 2.53. The smallest absolute Gasteiger partial charge is 0.312 e. The van der Waals surface area contributed by atoms with Gasteiger partial charge < -0.3 is 24.4 Å². The van der Waals surface area contributed by atoms with E-state index >= 15 is 0 Å². The van der Waals surface area contributed by atoms with Gasteiger partial charge in [-0.15, -0.1) is 0 Å². The Morgan fingerprint density at radius 2 is 1.58 bits per heavy atom. The Hall–Kier alpha value is -0.980. The first kappa shape index (κ1) is 13.0. The van der Waals surface area contributed by atoms with E-state index in [1.165, 1.54) is 7.11 Å². The SMILES string of the molecule is COC1(c2ccccc2)OC2CC(O)C(O)CC2O1. The largest absolute Gasteiger partial charge is 0.390 e. The average molecular weight is 266 g/mol. The molecular weight excluding hydrogens is 248 g/mol. The van der Waals surface area contributed by atoms with E-state index in [1.807, 2.05) is 30.3 Å². The third-order valence-corrected chi connectivity index (χ3v) is 3.82. The molecule has 0 spiro atoms. The fourth-order valence-corrected chi connectivity index (χ4v) is 2.76. The van der Waals surface area contributed by atoms with E-state index < -0.39 is 18.2 Å². The highest BCUT2D eigenvalue weighted by atomic mass is 16.9. The van der Waals surface area contributed by atoms with Crippen LogP contribution in [-0.2, 0) is 20.2 Å². The molecule has 0 amide bonds. The number of aliphatic hydroxyl groups is 2. The van der Waals surface area contributed by atoms with Crippen molar-refractivity contribution in [1.29, 1.82) is 0 Å². The maximum Gasteiger partial charge on any atom is 0.312 e. The van der Waals surface area contributed by atoms with Gasteiger partial charge in [0.05, 0.1) is 24.4 Å². The molecule has 2 N–H and O–H groups in total. The summed E-state index contributed by atoms with van der Waals surface area (Å²) in [7, 11) is 1.52. The molecule has 0 radical (unpaired) electrons. The Labute approximate surface area is 111 Å². The third kappa shape index (κ3) is 2.17. The van der Waals surface area contributed by atoms with Crippen molar-refractivity contribution in [1.82, 2.24) is 0 Å². The second kappa shape index (κ2) is 4.85. The molecule has 1 aliphatic heterocycles. The van der Waals surface area contributed by atoms with Gasteiger partial charge in [0.25, 0.3) is 0 Å². The number of methoxy groups -OCH3 is 1. The lowest BCUT2D eigenvalue weighted by molar-refractivity contribution is -0.343. The summed E-state index contributed by atoms with van der Waals surface area (Å²) in [5, 5.41) is 19.4. The Kier molecular flexibility index (Phi) is 3.32. The maximum absolute atomic E-state index is 9.71. The summed E-state index contributed by atoms with van der Waals surface area (Å²) in [6.07, 6.45) is -1.37. The minimum atomic E-state index is -1.24. The molecule has 19 heavy (non-hydrogen) atoms. The molecule has 1 aromatic carbocycles. The quantitative estimate of drug-likeness (QED) is 0.826. The monoisotopic (exact) mass is 266 g/mol. The highest BCUT2D eigenvalue weighted by molar-refractivity contribution is 5.19. The molecule has 5 nitrogen and oxygen atoms in total. The Balaban J connectivity index is 1.86. The zero-order chi connectivity index (χ0) is 13.5. The van der Waals surface area contributed by atoms with Gasteiger partial charge in [-0.2, -0.15) is 0 Å². The van der Waals surface area contributed by atoms with Crippen molar-refractivity contribution < 1.29 is 24.4 Å². The van der Waals surface area contributed by atoms with Gasteiger partial charge in [-0.1, -0.05) is 30.3 Å². The molecule has 0 aromatic heterocycles. The maximum atomic E-state index is 9.71. The third-order valence-electron chi connectivity index (χ3n) is 3.82. The first-order valence-electron chi connectivity index (χ1n) is 6.47. The van der Waals surface area contributed by atoms with Crippen LogP contribution in [0.3, 0.4) is 0 Å². The van der Waals surface area contributed by atoms with Crippen molar-refractivity contribution in [3.05, 3.63) is 35.9 Å². The second-order valence-electron chi connectivity index (χ2n) is 5.05. The van der Waals surface area contributed by atoms with Gasteiger partial charge in [0.2, 0.25) is 0 Å². The molecular formula is C14H18O5. The first-order valence-corrected chi connectivity index (χ1v) is 6.47. The van der Waals surface area contributed by atoms with E-state index in [2.05, 4.69) is 0 Å². The minimum absolute atomic E-state index is 0.265. The van der Waals surface area contributed by atoms with Gasteiger partial charge in [-0.25, -0.2) is 0 Å². The fourth-order valence-electron chi connectivity index (χ4n) is 2.76. The van der Waals surface area contributed by atoms with E-state index in [1.54, 1.807) is 0 Å².